The third-order valence-electron chi connectivity index (χ3n) is 11.7. The van der Waals surface area contributed by atoms with Crippen LogP contribution in [0.4, 0.5) is 0 Å². The zero-order valence-electron chi connectivity index (χ0n) is 35.0. The number of rotatable bonds is 2. The number of Topliss-reactive ketones (excluding diaryl/α,β-unsaturated/α-hetero) is 2. The zero-order chi connectivity index (χ0) is 42.8. The lowest BCUT2D eigenvalue weighted by Gasteiger charge is -2.38. The predicted octanol–water partition coefficient (Wildman–Crippen LogP) is 3.49. The summed E-state index contributed by atoms with van der Waals surface area (Å²) in [6, 6.07) is 0. The molecule has 0 spiro atoms. The Labute approximate surface area is 339 Å². The van der Waals surface area contributed by atoms with Crippen LogP contribution in [-0.4, -0.2) is 120 Å². The molecular weight excluding hydrogens is 748 g/mol. The maximum Gasteiger partial charge on any atom is 0.312 e. The predicted molar refractivity (Wildman–Crippen MR) is 215 cm³/mol. The number of ether oxygens (including phenoxy) is 4. The molecule has 5 rings (SSSR count). The Morgan fingerprint density at radius 2 is 1.69 bits per heavy atom. The topological polar surface area (TPSA) is 206 Å². The fourth-order valence-electron chi connectivity index (χ4n) is 8.05. The average Bonchev–Trinajstić information content (AvgIpc) is 3.45. The number of esters is 1. The lowest BCUT2D eigenvalue weighted by atomic mass is 9.78. The number of carbonyl (C=O) groups excluding carboxylic acids is 4. The first-order chi connectivity index (χ1) is 27.3. The minimum atomic E-state index is -1.97. The standard InChI is InChI=1S/C43H58N4O11/c1-21-13-11-14-22(2)42(54)46-34-33-32(44-16-12-18-47(9)19-17-45-33)29-30(38(34)52)37(51)26(6)40-31(29)41(53)43(8,58-40)56-20-15-28(55-10)23(3)39(57-27(7)48)25(5)36(50)24(4)35(21)49/h11,13-15,20-21,23-25,28,35-36,39,45,49-51H,12,16-19H2,1-10H3,(H,46,54)/b13-11+,20-15+,22-14-,44-32-/t21-,23+,24+,25+,28-,35-,36+,39+,43-/m0/s1. The minimum absolute atomic E-state index is 0.00245. The number of hydrogen-bond donors (Lipinski definition) is 5. The average molecular weight is 807 g/mol. The number of aliphatic hydroxyl groups excluding tert-OH is 2. The summed E-state index contributed by atoms with van der Waals surface area (Å²) in [5, 5.41) is 40.7. The molecule has 0 aromatic heterocycles. The smallest absolute Gasteiger partial charge is 0.312 e. The number of aromatic hydroxyl groups is 1. The van der Waals surface area contributed by atoms with E-state index in [2.05, 4.69) is 15.5 Å². The monoisotopic (exact) mass is 806 g/mol. The molecule has 4 aliphatic rings. The molecule has 1 amide bonds. The summed E-state index contributed by atoms with van der Waals surface area (Å²) in [5.74, 6) is -7.30. The molecule has 15 nitrogen and oxygen atoms in total. The van der Waals surface area contributed by atoms with Crippen molar-refractivity contribution in [2.45, 2.75) is 92.0 Å². The normalized spacial score (nSPS) is 34.5. The fourth-order valence-corrected chi connectivity index (χ4v) is 8.05. The van der Waals surface area contributed by atoms with Gasteiger partial charge in [0, 0.05) is 81.0 Å². The van der Waals surface area contributed by atoms with Crippen LogP contribution in [0.3, 0.4) is 0 Å². The molecule has 5 bridgehead atoms. The van der Waals surface area contributed by atoms with Crippen LogP contribution in [0.2, 0.25) is 0 Å². The number of methoxy groups -OCH3 is 1. The molecule has 9 atom stereocenters. The lowest BCUT2D eigenvalue weighted by Crippen LogP contribution is -2.46. The number of benzene rings is 1. The van der Waals surface area contributed by atoms with Gasteiger partial charge in [-0.3, -0.25) is 24.2 Å². The van der Waals surface area contributed by atoms with Gasteiger partial charge in [-0.25, -0.2) is 0 Å². The first kappa shape index (κ1) is 44.3. The third kappa shape index (κ3) is 8.63. The number of fused-ring (bicyclic) bond motifs is 3. The van der Waals surface area contributed by atoms with E-state index in [4.69, 9.17) is 23.9 Å². The van der Waals surface area contributed by atoms with Gasteiger partial charge < -0.3 is 49.8 Å². The van der Waals surface area contributed by atoms with Crippen molar-refractivity contribution in [3.8, 4) is 11.5 Å². The molecule has 1 aromatic carbocycles. The lowest BCUT2D eigenvalue weighted by molar-refractivity contribution is -0.160. The van der Waals surface area contributed by atoms with Crippen molar-refractivity contribution in [1.29, 1.82) is 0 Å². The van der Waals surface area contributed by atoms with Crippen LogP contribution < -0.4 is 15.4 Å². The number of phenols is 1. The highest BCUT2D eigenvalue weighted by molar-refractivity contribution is 6.34. The van der Waals surface area contributed by atoms with Crippen molar-refractivity contribution in [1.82, 2.24) is 15.5 Å². The second kappa shape index (κ2) is 18.0. The Hall–Kier alpha value is -4.83. The Balaban J connectivity index is 1.70. The molecule has 3 heterocycles. The summed E-state index contributed by atoms with van der Waals surface area (Å²) >= 11 is 0. The number of aliphatic hydroxyl groups is 2. The summed E-state index contributed by atoms with van der Waals surface area (Å²) in [4.78, 5) is 62.3. The van der Waals surface area contributed by atoms with E-state index in [1.807, 2.05) is 7.05 Å². The van der Waals surface area contributed by atoms with Crippen LogP contribution in [-0.2, 0) is 23.8 Å². The van der Waals surface area contributed by atoms with Crippen LogP contribution in [0.25, 0.3) is 0 Å². The van der Waals surface area contributed by atoms with Crippen molar-refractivity contribution in [3.63, 3.8) is 0 Å². The second-order valence-electron chi connectivity index (χ2n) is 16.0. The summed E-state index contributed by atoms with van der Waals surface area (Å²) in [7, 11) is 3.43. The highest BCUT2D eigenvalue weighted by atomic mass is 16.7. The molecule has 316 valence electrons. The maximum absolute atomic E-state index is 14.6. The number of carbonyl (C=O) groups is 4. The molecule has 0 fully saturated rings. The highest BCUT2D eigenvalue weighted by Crippen LogP contribution is 2.48. The fraction of sp³-hybridized carbons (Fsp3) is 0.558. The Bertz CT molecular complexity index is 1970. The molecule has 58 heavy (non-hydrogen) atoms. The van der Waals surface area contributed by atoms with Gasteiger partial charge in [-0.15, -0.1) is 0 Å². The van der Waals surface area contributed by atoms with Gasteiger partial charge >= 0.3 is 11.8 Å². The Morgan fingerprint density at radius 1 is 0.983 bits per heavy atom. The third-order valence-corrected chi connectivity index (χ3v) is 11.7. The molecular formula is C43H58N4O11. The van der Waals surface area contributed by atoms with Gasteiger partial charge in [0.2, 0.25) is 5.78 Å². The van der Waals surface area contributed by atoms with Crippen LogP contribution in [0.5, 0.6) is 11.5 Å². The quantitative estimate of drug-likeness (QED) is 0.272. The van der Waals surface area contributed by atoms with Crippen LogP contribution in [0.1, 0.15) is 86.7 Å². The van der Waals surface area contributed by atoms with Gasteiger partial charge in [0.15, 0.2) is 0 Å². The number of nitrogens with zero attached hydrogens (tertiary/aromatic N) is 2. The molecule has 1 aliphatic carbocycles. The van der Waals surface area contributed by atoms with E-state index in [9.17, 15) is 34.5 Å². The molecule has 1 aromatic rings. The minimum Gasteiger partial charge on any atom is -0.507 e. The Kier molecular flexibility index (Phi) is 13.7. The number of hydrogen-bond acceptors (Lipinski definition) is 14. The number of ketones is 2. The molecule has 5 N–H and O–H groups in total. The van der Waals surface area contributed by atoms with Crippen molar-refractivity contribution in [2.24, 2.45) is 28.7 Å². The molecule has 3 aliphatic heterocycles. The number of phenolic OH excluding ortho intramolecular Hbond substituents is 1. The van der Waals surface area contributed by atoms with E-state index >= 15 is 0 Å². The van der Waals surface area contributed by atoms with Crippen molar-refractivity contribution in [2.75, 3.05) is 40.3 Å². The first-order valence-electron chi connectivity index (χ1n) is 19.8. The van der Waals surface area contributed by atoms with E-state index in [1.54, 1.807) is 52.8 Å². The summed E-state index contributed by atoms with van der Waals surface area (Å²) in [6.45, 7) is 14.8. The van der Waals surface area contributed by atoms with E-state index in [0.29, 0.717) is 26.1 Å². The number of nitrogens with one attached hydrogen (secondary N) is 2. The molecule has 0 unspecified atom stereocenters. The largest absolute Gasteiger partial charge is 0.507 e. The molecule has 15 heteroatoms. The van der Waals surface area contributed by atoms with Gasteiger partial charge in [0.1, 0.15) is 23.3 Å². The number of amides is 1. The Morgan fingerprint density at radius 3 is 2.36 bits per heavy atom. The number of aliphatic imine (C=N–C) groups is 1. The van der Waals surface area contributed by atoms with E-state index in [-0.39, 0.29) is 50.7 Å². The van der Waals surface area contributed by atoms with Gasteiger partial charge in [0.05, 0.1) is 47.1 Å². The van der Waals surface area contributed by atoms with Crippen molar-refractivity contribution >= 4 is 29.2 Å². The van der Waals surface area contributed by atoms with E-state index in [0.717, 1.165) is 6.54 Å². The van der Waals surface area contributed by atoms with Gasteiger partial charge in [-0.05, 0) is 39.9 Å². The molecule has 0 saturated carbocycles. The summed E-state index contributed by atoms with van der Waals surface area (Å²) in [6.07, 6.45) is 4.51. The zero-order valence-corrected chi connectivity index (χ0v) is 35.0. The van der Waals surface area contributed by atoms with Gasteiger partial charge in [0.25, 0.3) is 11.7 Å². The SMILES string of the molecule is CO[C@H]1/C=C/O[C@@]2(C)Oc3c(C)c(O)c4c(c3C2=O)/C2=N/CCCN(C)CCNC2=C(NC(=O)/C(C)=C\C=C\[C@H](C)[C@H](O)[C@@H](C)[C@@H](O)[C@@H](C)[C@H](OC(C)=O)[C@@H]1C)C4=O. The second-order valence-corrected chi connectivity index (χ2v) is 16.0. The number of allylic oxidation sites excluding steroid dienone is 4. The van der Waals surface area contributed by atoms with Crippen molar-refractivity contribution in [3.05, 3.63) is 69.8 Å². The maximum atomic E-state index is 14.6. The van der Waals surface area contributed by atoms with Crippen LogP contribution in [0, 0.1) is 30.6 Å². The van der Waals surface area contributed by atoms with Gasteiger partial charge in [-0.1, -0.05) is 45.9 Å². The van der Waals surface area contributed by atoms with Crippen LogP contribution in [0.15, 0.2) is 52.5 Å². The van der Waals surface area contributed by atoms with Crippen LogP contribution >= 0.6 is 0 Å². The van der Waals surface area contributed by atoms with Gasteiger partial charge in [-0.2, -0.15) is 0 Å². The number of likely N-dealkylation sites (N-methyl/N-ethyl adjacent to an activating group) is 1. The first-order valence-corrected chi connectivity index (χ1v) is 19.8. The summed E-state index contributed by atoms with van der Waals surface area (Å²) < 4.78 is 23.8. The van der Waals surface area contributed by atoms with E-state index in [1.165, 1.54) is 40.2 Å². The van der Waals surface area contributed by atoms with Crippen molar-refractivity contribution < 1.29 is 53.4 Å². The van der Waals surface area contributed by atoms with E-state index < -0.39 is 83.1 Å². The highest BCUT2D eigenvalue weighted by Gasteiger charge is 2.52. The molecule has 0 saturated heterocycles. The summed E-state index contributed by atoms with van der Waals surface area (Å²) in [5.41, 5.74) is 0.498. The molecule has 0 radical (unpaired) electrons.